The van der Waals surface area contributed by atoms with Crippen LogP contribution in [0, 0.1) is 0 Å². The van der Waals surface area contributed by atoms with E-state index in [1.54, 1.807) is 18.2 Å². The fourth-order valence-corrected chi connectivity index (χ4v) is 3.54. The lowest BCUT2D eigenvalue weighted by molar-refractivity contribution is 0.573. The number of fused-ring (bicyclic) bond motifs is 1. The second-order valence-electron chi connectivity index (χ2n) is 6.86. The fraction of sp³-hybridized carbons (Fsp3) is 0.136. The van der Waals surface area contributed by atoms with Crippen molar-refractivity contribution in [3.63, 3.8) is 0 Å². The molecule has 0 unspecified atom stereocenters. The van der Waals surface area contributed by atoms with Gasteiger partial charge in [0, 0.05) is 21.0 Å². The molecule has 0 fully saturated rings. The third-order valence-electron chi connectivity index (χ3n) is 4.39. The quantitative estimate of drug-likeness (QED) is 0.340. The molecule has 146 valence electrons. The minimum absolute atomic E-state index is 0.0199. The van der Waals surface area contributed by atoms with E-state index in [1.807, 2.05) is 50.2 Å². The lowest BCUT2D eigenvalue weighted by atomic mass is 10.2. The van der Waals surface area contributed by atoms with Crippen molar-refractivity contribution < 1.29 is 4.42 Å². The van der Waals surface area contributed by atoms with E-state index in [9.17, 15) is 4.79 Å². The van der Waals surface area contributed by atoms with Gasteiger partial charge in [-0.15, -0.1) is 0 Å². The average molecular weight is 471 g/mol. The lowest BCUT2D eigenvalue weighted by Crippen LogP contribution is -2.23. The number of furan rings is 1. The number of halogens is 2. The highest BCUT2D eigenvalue weighted by Gasteiger charge is 2.14. The van der Waals surface area contributed by atoms with Crippen molar-refractivity contribution in [1.29, 1.82) is 0 Å². The number of hydrogen-bond donors (Lipinski definition) is 0. The van der Waals surface area contributed by atoms with Crippen LogP contribution in [-0.4, -0.2) is 15.9 Å². The second-order valence-corrected chi connectivity index (χ2v) is 8.21. The predicted octanol–water partition coefficient (Wildman–Crippen LogP) is 6.08. The van der Waals surface area contributed by atoms with Crippen molar-refractivity contribution in [2.24, 2.45) is 5.10 Å². The van der Waals surface area contributed by atoms with Gasteiger partial charge >= 0.3 is 0 Å². The van der Waals surface area contributed by atoms with Gasteiger partial charge in [-0.05, 0) is 42.5 Å². The van der Waals surface area contributed by atoms with E-state index in [0.717, 1.165) is 10.0 Å². The Morgan fingerprint density at radius 2 is 2.00 bits per heavy atom. The number of benzene rings is 2. The summed E-state index contributed by atoms with van der Waals surface area (Å²) in [5.74, 6) is 1.80. The molecule has 2 aromatic carbocycles. The van der Waals surface area contributed by atoms with Gasteiger partial charge in [-0.2, -0.15) is 9.78 Å². The Balaban J connectivity index is 1.76. The van der Waals surface area contributed by atoms with E-state index < -0.39 is 0 Å². The first-order valence-electron chi connectivity index (χ1n) is 9.05. The Kier molecular flexibility index (Phi) is 5.39. The van der Waals surface area contributed by atoms with Crippen LogP contribution in [0.5, 0.6) is 0 Å². The van der Waals surface area contributed by atoms with E-state index in [4.69, 9.17) is 16.0 Å². The van der Waals surface area contributed by atoms with Crippen molar-refractivity contribution in [2.45, 2.75) is 19.8 Å². The van der Waals surface area contributed by atoms with Crippen LogP contribution in [0.15, 0.2) is 73.4 Å². The Hall–Kier alpha value is -2.70. The van der Waals surface area contributed by atoms with Crippen molar-refractivity contribution >= 4 is 44.6 Å². The molecule has 5 nitrogen and oxygen atoms in total. The standard InChI is InChI=1S/C22H17BrClN3O2/c1-13(2)21-26-19-8-6-15(23)11-18(19)22(28)27(21)25-12-17-7-9-20(29-17)14-4-3-5-16(24)10-14/h3-13H,1-2H3. The van der Waals surface area contributed by atoms with Crippen LogP contribution in [0.25, 0.3) is 22.2 Å². The largest absolute Gasteiger partial charge is 0.455 e. The first-order chi connectivity index (χ1) is 13.9. The summed E-state index contributed by atoms with van der Waals surface area (Å²) in [4.78, 5) is 17.7. The van der Waals surface area contributed by atoms with Gasteiger partial charge in [0.1, 0.15) is 17.3 Å². The van der Waals surface area contributed by atoms with Gasteiger partial charge in [0.15, 0.2) is 0 Å². The van der Waals surface area contributed by atoms with Crippen molar-refractivity contribution in [1.82, 2.24) is 9.66 Å². The zero-order valence-corrected chi connectivity index (χ0v) is 18.1. The molecule has 0 amide bonds. The number of hydrogen-bond acceptors (Lipinski definition) is 4. The van der Waals surface area contributed by atoms with Crippen LogP contribution in [0.4, 0.5) is 0 Å². The number of rotatable bonds is 4. The Bertz CT molecular complexity index is 1290. The summed E-state index contributed by atoms with van der Waals surface area (Å²) < 4.78 is 7.99. The highest BCUT2D eigenvalue weighted by Crippen LogP contribution is 2.24. The molecule has 0 aliphatic carbocycles. The third kappa shape index (κ3) is 4.04. The minimum Gasteiger partial charge on any atom is -0.455 e. The molecule has 0 saturated carbocycles. The molecule has 0 N–H and O–H groups in total. The Morgan fingerprint density at radius 1 is 1.17 bits per heavy atom. The average Bonchev–Trinajstić information content (AvgIpc) is 3.16. The summed E-state index contributed by atoms with van der Waals surface area (Å²) in [6.45, 7) is 3.95. The first kappa shape index (κ1) is 19.6. The van der Waals surface area contributed by atoms with Crippen LogP contribution < -0.4 is 5.56 Å². The molecule has 0 spiro atoms. The third-order valence-corrected chi connectivity index (χ3v) is 5.11. The Labute approximate surface area is 180 Å². The molecule has 2 aromatic heterocycles. The monoisotopic (exact) mass is 469 g/mol. The van der Waals surface area contributed by atoms with Gasteiger partial charge in [0.25, 0.3) is 5.56 Å². The summed E-state index contributed by atoms with van der Waals surface area (Å²) >= 11 is 9.46. The van der Waals surface area contributed by atoms with Crippen molar-refractivity contribution in [2.75, 3.05) is 0 Å². The van der Waals surface area contributed by atoms with Gasteiger partial charge in [-0.25, -0.2) is 4.98 Å². The maximum atomic E-state index is 13.0. The van der Waals surface area contributed by atoms with Crippen LogP contribution in [0.3, 0.4) is 0 Å². The molecule has 0 radical (unpaired) electrons. The molecule has 4 rings (SSSR count). The molecule has 0 aliphatic heterocycles. The molecule has 0 atom stereocenters. The normalized spacial score (nSPS) is 11.8. The van der Waals surface area contributed by atoms with Gasteiger partial charge in [0.05, 0.1) is 17.1 Å². The zero-order chi connectivity index (χ0) is 20.5. The molecular weight excluding hydrogens is 454 g/mol. The van der Waals surface area contributed by atoms with Gasteiger partial charge in [-0.1, -0.05) is 53.5 Å². The van der Waals surface area contributed by atoms with Crippen LogP contribution in [0.1, 0.15) is 31.4 Å². The molecule has 0 bridgehead atoms. The molecule has 0 aliphatic rings. The summed E-state index contributed by atoms with van der Waals surface area (Å²) in [7, 11) is 0. The van der Waals surface area contributed by atoms with Crippen molar-refractivity contribution in [3.05, 3.63) is 86.0 Å². The topological polar surface area (TPSA) is 60.4 Å². The van der Waals surface area contributed by atoms with E-state index in [2.05, 4.69) is 26.0 Å². The molecule has 7 heteroatoms. The highest BCUT2D eigenvalue weighted by atomic mass is 79.9. The highest BCUT2D eigenvalue weighted by molar-refractivity contribution is 9.10. The minimum atomic E-state index is -0.224. The van der Waals surface area contributed by atoms with Crippen LogP contribution in [-0.2, 0) is 0 Å². The lowest BCUT2D eigenvalue weighted by Gasteiger charge is -2.11. The number of aromatic nitrogens is 2. The van der Waals surface area contributed by atoms with Gasteiger partial charge < -0.3 is 4.42 Å². The second kappa shape index (κ2) is 7.97. The smallest absolute Gasteiger partial charge is 0.282 e. The molecular formula is C22H17BrClN3O2. The maximum Gasteiger partial charge on any atom is 0.282 e. The fourth-order valence-electron chi connectivity index (χ4n) is 2.98. The SMILES string of the molecule is CC(C)c1nc2ccc(Br)cc2c(=O)n1N=Cc1ccc(-c2cccc(Cl)c2)o1. The summed E-state index contributed by atoms with van der Waals surface area (Å²) in [6.07, 6.45) is 1.52. The number of nitrogens with zero attached hydrogens (tertiary/aromatic N) is 3. The molecule has 4 aromatic rings. The van der Waals surface area contributed by atoms with Gasteiger partial charge in [-0.3, -0.25) is 4.79 Å². The molecule has 2 heterocycles. The van der Waals surface area contributed by atoms with Gasteiger partial charge in [0.2, 0.25) is 0 Å². The van der Waals surface area contributed by atoms with E-state index in [0.29, 0.717) is 33.3 Å². The predicted molar refractivity (Wildman–Crippen MR) is 120 cm³/mol. The molecule has 0 saturated heterocycles. The molecule has 29 heavy (non-hydrogen) atoms. The van der Waals surface area contributed by atoms with E-state index >= 15 is 0 Å². The Morgan fingerprint density at radius 3 is 2.76 bits per heavy atom. The van der Waals surface area contributed by atoms with Crippen LogP contribution in [0.2, 0.25) is 5.02 Å². The summed E-state index contributed by atoms with van der Waals surface area (Å²) in [6, 6.07) is 16.5. The zero-order valence-electron chi connectivity index (χ0n) is 15.8. The summed E-state index contributed by atoms with van der Waals surface area (Å²) in [5.41, 5.74) is 1.29. The van der Waals surface area contributed by atoms with E-state index in [1.165, 1.54) is 10.9 Å². The first-order valence-corrected chi connectivity index (χ1v) is 10.2. The maximum absolute atomic E-state index is 13.0. The van der Waals surface area contributed by atoms with Crippen LogP contribution >= 0.6 is 27.5 Å². The van der Waals surface area contributed by atoms with E-state index in [-0.39, 0.29) is 11.5 Å². The van der Waals surface area contributed by atoms with Crippen molar-refractivity contribution in [3.8, 4) is 11.3 Å². The summed E-state index contributed by atoms with van der Waals surface area (Å²) in [5, 5.41) is 5.52.